The fraction of sp³-hybridized carbons (Fsp3) is 0.429. The second-order valence-electron chi connectivity index (χ2n) is 2.24. The van der Waals surface area contributed by atoms with Gasteiger partial charge in [0.1, 0.15) is 17.8 Å². The third kappa shape index (κ3) is 3.22. The second-order valence-corrected chi connectivity index (χ2v) is 3.04. The Hall–Kier alpha value is -0.780. The minimum atomic E-state index is -2.55. The predicted octanol–water partition coefficient (Wildman–Crippen LogP) is 2.22. The molecule has 6 heteroatoms. The van der Waals surface area contributed by atoms with Crippen LogP contribution < -0.4 is 5.32 Å². The summed E-state index contributed by atoms with van der Waals surface area (Å²) < 4.78 is 24.3. The van der Waals surface area contributed by atoms with Gasteiger partial charge in [-0.3, -0.25) is 0 Å². The van der Waals surface area contributed by atoms with E-state index in [2.05, 4.69) is 31.2 Å². The Morgan fingerprint density at radius 1 is 1.46 bits per heavy atom. The number of nitrogens with zero attached hydrogens (tertiary/aromatic N) is 2. The molecule has 0 aliphatic heterocycles. The molecule has 0 unspecified atom stereocenters. The molecule has 0 aliphatic rings. The summed E-state index contributed by atoms with van der Waals surface area (Å²) in [4.78, 5) is 7.22. The first-order valence-electron chi connectivity index (χ1n) is 3.64. The van der Waals surface area contributed by atoms with Crippen molar-refractivity contribution >= 4 is 21.7 Å². The van der Waals surface area contributed by atoms with Crippen molar-refractivity contribution < 1.29 is 8.78 Å². The van der Waals surface area contributed by atoms with E-state index in [1.807, 2.05) is 0 Å². The Bertz CT molecular complexity index is 270. The molecule has 72 valence electrons. The average Bonchev–Trinajstić information content (AvgIpc) is 2.15. The fourth-order valence-electron chi connectivity index (χ4n) is 0.764. The molecule has 1 aromatic heterocycles. The maximum Gasteiger partial charge on any atom is 0.280 e. The SMILES string of the molecule is FC(F)c1cc(NCCBr)ncn1. The van der Waals surface area contributed by atoms with Gasteiger partial charge in [-0.15, -0.1) is 0 Å². The predicted molar refractivity (Wildman–Crippen MR) is 49.3 cm³/mol. The summed E-state index contributed by atoms with van der Waals surface area (Å²) >= 11 is 3.20. The van der Waals surface area contributed by atoms with Crippen LogP contribution in [0.2, 0.25) is 0 Å². The average molecular weight is 252 g/mol. The van der Waals surface area contributed by atoms with E-state index < -0.39 is 6.43 Å². The topological polar surface area (TPSA) is 37.8 Å². The lowest BCUT2D eigenvalue weighted by atomic mass is 10.4. The van der Waals surface area contributed by atoms with Crippen LogP contribution in [0.15, 0.2) is 12.4 Å². The monoisotopic (exact) mass is 251 g/mol. The smallest absolute Gasteiger partial charge is 0.280 e. The largest absolute Gasteiger partial charge is 0.369 e. The van der Waals surface area contributed by atoms with E-state index >= 15 is 0 Å². The molecule has 3 nitrogen and oxygen atoms in total. The van der Waals surface area contributed by atoms with Gasteiger partial charge in [0.25, 0.3) is 6.43 Å². The molecule has 0 aliphatic carbocycles. The van der Waals surface area contributed by atoms with Crippen LogP contribution in [0.3, 0.4) is 0 Å². The molecule has 0 saturated carbocycles. The van der Waals surface area contributed by atoms with Crippen LogP contribution >= 0.6 is 15.9 Å². The maximum absolute atomic E-state index is 12.1. The highest BCUT2D eigenvalue weighted by Gasteiger charge is 2.08. The first-order chi connectivity index (χ1) is 6.24. The van der Waals surface area contributed by atoms with E-state index in [4.69, 9.17) is 0 Å². The van der Waals surface area contributed by atoms with E-state index in [1.54, 1.807) is 0 Å². The van der Waals surface area contributed by atoms with E-state index in [0.717, 1.165) is 11.7 Å². The van der Waals surface area contributed by atoms with Gasteiger partial charge in [-0.2, -0.15) is 0 Å². The van der Waals surface area contributed by atoms with Crippen molar-refractivity contribution in [2.24, 2.45) is 0 Å². The number of nitrogens with one attached hydrogen (secondary N) is 1. The Morgan fingerprint density at radius 3 is 2.85 bits per heavy atom. The minimum absolute atomic E-state index is 0.257. The van der Waals surface area contributed by atoms with Crippen LogP contribution in [0.5, 0.6) is 0 Å². The van der Waals surface area contributed by atoms with Gasteiger partial charge in [-0.25, -0.2) is 18.7 Å². The highest BCUT2D eigenvalue weighted by Crippen LogP contribution is 2.17. The molecule has 1 aromatic rings. The van der Waals surface area contributed by atoms with Crippen molar-refractivity contribution in [2.45, 2.75) is 6.43 Å². The van der Waals surface area contributed by atoms with Gasteiger partial charge in [-0.1, -0.05) is 15.9 Å². The van der Waals surface area contributed by atoms with Crippen LogP contribution in [0.1, 0.15) is 12.1 Å². The van der Waals surface area contributed by atoms with Crippen molar-refractivity contribution in [3.05, 3.63) is 18.1 Å². The van der Waals surface area contributed by atoms with Crippen LogP contribution in [-0.4, -0.2) is 21.8 Å². The Balaban J connectivity index is 2.68. The lowest BCUT2D eigenvalue weighted by Crippen LogP contribution is -2.05. The quantitative estimate of drug-likeness (QED) is 0.835. The van der Waals surface area contributed by atoms with E-state index in [-0.39, 0.29) is 5.69 Å². The molecule has 1 rings (SSSR count). The number of halogens is 3. The molecule has 1 N–H and O–H groups in total. The molecule has 0 amide bonds. The molecule has 0 saturated heterocycles. The molecular weight excluding hydrogens is 244 g/mol. The number of aromatic nitrogens is 2. The summed E-state index contributed by atoms with van der Waals surface area (Å²) in [5.74, 6) is 0.421. The summed E-state index contributed by atoms with van der Waals surface area (Å²) in [5.41, 5.74) is -0.257. The third-order valence-corrected chi connectivity index (χ3v) is 1.71. The minimum Gasteiger partial charge on any atom is -0.369 e. The van der Waals surface area contributed by atoms with Gasteiger partial charge in [-0.05, 0) is 0 Å². The van der Waals surface area contributed by atoms with Crippen LogP contribution in [0.4, 0.5) is 14.6 Å². The first kappa shape index (κ1) is 10.3. The van der Waals surface area contributed by atoms with Gasteiger partial charge in [0, 0.05) is 17.9 Å². The van der Waals surface area contributed by atoms with Gasteiger partial charge < -0.3 is 5.32 Å². The van der Waals surface area contributed by atoms with Crippen molar-refractivity contribution in [1.29, 1.82) is 0 Å². The van der Waals surface area contributed by atoms with Crippen LogP contribution in [0, 0.1) is 0 Å². The lowest BCUT2D eigenvalue weighted by Gasteiger charge is -2.03. The number of hydrogen-bond donors (Lipinski definition) is 1. The summed E-state index contributed by atoms with van der Waals surface area (Å²) in [5, 5.41) is 3.60. The van der Waals surface area contributed by atoms with Crippen molar-refractivity contribution in [1.82, 2.24) is 9.97 Å². The molecule has 0 atom stereocenters. The number of rotatable bonds is 4. The van der Waals surface area contributed by atoms with Crippen molar-refractivity contribution in [3.8, 4) is 0 Å². The Morgan fingerprint density at radius 2 is 2.23 bits per heavy atom. The molecule has 0 spiro atoms. The molecule has 1 heterocycles. The van der Waals surface area contributed by atoms with Gasteiger partial charge in [0.05, 0.1) is 0 Å². The number of hydrogen-bond acceptors (Lipinski definition) is 3. The third-order valence-electron chi connectivity index (χ3n) is 1.31. The van der Waals surface area contributed by atoms with E-state index in [0.29, 0.717) is 12.4 Å². The maximum atomic E-state index is 12.1. The summed E-state index contributed by atoms with van der Waals surface area (Å²) in [7, 11) is 0. The zero-order valence-corrected chi connectivity index (χ0v) is 8.26. The standard InChI is InChI=1S/C7H8BrF2N3/c8-1-2-11-6-3-5(7(9)10)12-4-13-6/h3-4,7H,1-2H2,(H,11,12,13). The van der Waals surface area contributed by atoms with Crippen molar-refractivity contribution in [3.63, 3.8) is 0 Å². The number of anilines is 1. The highest BCUT2D eigenvalue weighted by atomic mass is 79.9. The zero-order valence-electron chi connectivity index (χ0n) is 6.67. The Labute approximate surface area is 82.7 Å². The Kier molecular flexibility index (Phi) is 4.01. The molecule has 13 heavy (non-hydrogen) atoms. The molecule has 0 fully saturated rings. The molecule has 0 aromatic carbocycles. The zero-order chi connectivity index (χ0) is 9.68. The summed E-state index contributed by atoms with van der Waals surface area (Å²) in [6.07, 6.45) is -1.43. The van der Waals surface area contributed by atoms with Gasteiger partial charge in [0.2, 0.25) is 0 Å². The molecule has 0 radical (unpaired) electrons. The second kappa shape index (κ2) is 5.06. The van der Waals surface area contributed by atoms with Crippen molar-refractivity contribution in [2.75, 3.05) is 17.2 Å². The molecular formula is C7H8BrF2N3. The summed E-state index contributed by atoms with van der Waals surface area (Å²) in [6, 6.07) is 1.24. The van der Waals surface area contributed by atoms with Crippen LogP contribution in [0.25, 0.3) is 0 Å². The lowest BCUT2D eigenvalue weighted by molar-refractivity contribution is 0.146. The summed E-state index contributed by atoms with van der Waals surface area (Å²) in [6.45, 7) is 0.639. The van der Waals surface area contributed by atoms with Gasteiger partial charge in [0.15, 0.2) is 0 Å². The van der Waals surface area contributed by atoms with E-state index in [1.165, 1.54) is 6.07 Å². The van der Waals surface area contributed by atoms with Gasteiger partial charge >= 0.3 is 0 Å². The fourth-order valence-corrected chi connectivity index (χ4v) is 0.962. The highest BCUT2D eigenvalue weighted by molar-refractivity contribution is 9.09. The van der Waals surface area contributed by atoms with E-state index in [9.17, 15) is 8.78 Å². The molecule has 0 bridgehead atoms. The normalized spacial score (nSPS) is 10.5. The first-order valence-corrected chi connectivity index (χ1v) is 4.76. The number of alkyl halides is 3. The van der Waals surface area contributed by atoms with Crippen LogP contribution in [-0.2, 0) is 0 Å².